The Bertz CT molecular complexity index is 340. The SMILES string of the molecule is C=CCN(C)C(=O)C1=C(N2CCCC2)CCC1. The van der Waals surface area contributed by atoms with Crippen molar-refractivity contribution in [2.24, 2.45) is 0 Å². The lowest BCUT2D eigenvalue weighted by Crippen LogP contribution is -2.30. The topological polar surface area (TPSA) is 23.6 Å². The molecule has 1 aliphatic carbocycles. The van der Waals surface area contributed by atoms with Crippen molar-refractivity contribution in [1.29, 1.82) is 0 Å². The van der Waals surface area contributed by atoms with Crippen LogP contribution in [0.2, 0.25) is 0 Å². The van der Waals surface area contributed by atoms with E-state index >= 15 is 0 Å². The highest BCUT2D eigenvalue weighted by atomic mass is 16.2. The molecule has 0 atom stereocenters. The van der Waals surface area contributed by atoms with E-state index < -0.39 is 0 Å². The number of amides is 1. The number of likely N-dealkylation sites (N-methyl/N-ethyl adjacent to an activating group) is 1. The molecule has 1 amide bonds. The van der Waals surface area contributed by atoms with Crippen LogP contribution in [0.4, 0.5) is 0 Å². The summed E-state index contributed by atoms with van der Waals surface area (Å²) in [5.41, 5.74) is 2.37. The van der Waals surface area contributed by atoms with Gasteiger partial charge in [0, 0.05) is 38.0 Å². The third kappa shape index (κ3) is 2.54. The third-order valence-corrected chi connectivity index (χ3v) is 3.68. The molecule has 3 nitrogen and oxygen atoms in total. The molecule has 17 heavy (non-hydrogen) atoms. The van der Waals surface area contributed by atoms with Crippen LogP contribution < -0.4 is 0 Å². The second-order valence-electron chi connectivity index (χ2n) is 4.95. The minimum Gasteiger partial charge on any atom is -0.374 e. The minimum absolute atomic E-state index is 0.198. The predicted molar refractivity (Wildman–Crippen MR) is 69.5 cm³/mol. The summed E-state index contributed by atoms with van der Waals surface area (Å²) in [6.45, 7) is 6.59. The van der Waals surface area contributed by atoms with E-state index in [9.17, 15) is 4.79 Å². The van der Waals surface area contributed by atoms with E-state index in [-0.39, 0.29) is 5.91 Å². The summed E-state index contributed by atoms with van der Waals surface area (Å²) in [4.78, 5) is 16.5. The zero-order valence-electron chi connectivity index (χ0n) is 10.7. The molecule has 2 rings (SSSR count). The second kappa shape index (κ2) is 5.39. The summed E-state index contributed by atoms with van der Waals surface area (Å²) in [5.74, 6) is 0.198. The summed E-state index contributed by atoms with van der Waals surface area (Å²) < 4.78 is 0. The summed E-state index contributed by atoms with van der Waals surface area (Å²) in [6, 6.07) is 0. The maximum absolute atomic E-state index is 12.3. The number of rotatable bonds is 4. The van der Waals surface area contributed by atoms with Gasteiger partial charge in [-0.2, -0.15) is 0 Å². The minimum atomic E-state index is 0.198. The van der Waals surface area contributed by atoms with Gasteiger partial charge in [0.1, 0.15) is 0 Å². The van der Waals surface area contributed by atoms with Gasteiger partial charge < -0.3 is 9.80 Å². The van der Waals surface area contributed by atoms with Gasteiger partial charge in [-0.25, -0.2) is 0 Å². The van der Waals surface area contributed by atoms with Crippen LogP contribution in [-0.2, 0) is 4.79 Å². The first-order valence-corrected chi connectivity index (χ1v) is 6.57. The van der Waals surface area contributed by atoms with Crippen molar-refractivity contribution in [1.82, 2.24) is 9.80 Å². The highest BCUT2D eigenvalue weighted by molar-refractivity contribution is 5.94. The van der Waals surface area contributed by atoms with Crippen molar-refractivity contribution in [2.45, 2.75) is 32.1 Å². The maximum atomic E-state index is 12.3. The van der Waals surface area contributed by atoms with E-state index in [1.807, 2.05) is 7.05 Å². The average molecular weight is 234 g/mol. The molecule has 94 valence electrons. The number of likely N-dealkylation sites (tertiary alicyclic amines) is 1. The molecule has 0 spiro atoms. The van der Waals surface area contributed by atoms with Gasteiger partial charge in [-0.15, -0.1) is 6.58 Å². The highest BCUT2D eigenvalue weighted by Crippen LogP contribution is 2.31. The zero-order valence-corrected chi connectivity index (χ0v) is 10.7. The van der Waals surface area contributed by atoms with Gasteiger partial charge in [0.15, 0.2) is 0 Å². The van der Waals surface area contributed by atoms with E-state index in [1.165, 1.54) is 18.5 Å². The second-order valence-corrected chi connectivity index (χ2v) is 4.95. The van der Waals surface area contributed by atoms with Crippen molar-refractivity contribution in [3.63, 3.8) is 0 Å². The summed E-state index contributed by atoms with van der Waals surface area (Å²) in [5, 5.41) is 0. The number of allylic oxidation sites excluding steroid dienone is 1. The van der Waals surface area contributed by atoms with Crippen LogP contribution in [0.1, 0.15) is 32.1 Å². The summed E-state index contributed by atoms with van der Waals surface area (Å²) >= 11 is 0. The molecule has 0 aromatic carbocycles. The van der Waals surface area contributed by atoms with Crippen LogP contribution in [-0.4, -0.2) is 42.4 Å². The first kappa shape index (κ1) is 12.2. The molecule has 0 unspecified atom stereocenters. The molecule has 0 aromatic rings. The number of nitrogens with zero attached hydrogens (tertiary/aromatic N) is 2. The molecule has 0 N–H and O–H groups in total. The van der Waals surface area contributed by atoms with Crippen molar-refractivity contribution in [3.05, 3.63) is 23.9 Å². The number of hydrogen-bond donors (Lipinski definition) is 0. The summed E-state index contributed by atoms with van der Waals surface area (Å²) in [7, 11) is 1.86. The van der Waals surface area contributed by atoms with Gasteiger partial charge in [0.05, 0.1) is 0 Å². The fourth-order valence-electron chi connectivity index (χ4n) is 2.80. The number of carbonyl (C=O) groups excluding carboxylic acids is 1. The maximum Gasteiger partial charge on any atom is 0.251 e. The lowest BCUT2D eigenvalue weighted by atomic mass is 10.2. The molecule has 0 bridgehead atoms. The monoisotopic (exact) mass is 234 g/mol. The van der Waals surface area contributed by atoms with Crippen molar-refractivity contribution in [3.8, 4) is 0 Å². The zero-order chi connectivity index (χ0) is 12.3. The molecular formula is C14H22N2O. The van der Waals surface area contributed by atoms with Gasteiger partial charge in [-0.3, -0.25) is 4.79 Å². The van der Waals surface area contributed by atoms with E-state index in [0.29, 0.717) is 6.54 Å². The average Bonchev–Trinajstić information content (AvgIpc) is 2.98. The van der Waals surface area contributed by atoms with Crippen LogP contribution in [0.25, 0.3) is 0 Å². The van der Waals surface area contributed by atoms with E-state index in [2.05, 4.69) is 11.5 Å². The first-order chi connectivity index (χ1) is 8.24. The molecule has 1 aliphatic heterocycles. The lowest BCUT2D eigenvalue weighted by Gasteiger charge is -2.23. The fraction of sp³-hybridized carbons (Fsp3) is 0.643. The number of hydrogen-bond acceptors (Lipinski definition) is 2. The largest absolute Gasteiger partial charge is 0.374 e. The normalized spacial score (nSPS) is 19.9. The van der Waals surface area contributed by atoms with Crippen LogP contribution >= 0.6 is 0 Å². The smallest absolute Gasteiger partial charge is 0.251 e. The molecule has 0 aromatic heterocycles. The molecule has 1 saturated heterocycles. The molecule has 0 radical (unpaired) electrons. The Hall–Kier alpha value is -1.25. The van der Waals surface area contributed by atoms with Gasteiger partial charge >= 0.3 is 0 Å². The quantitative estimate of drug-likeness (QED) is 0.696. The Balaban J connectivity index is 2.13. The van der Waals surface area contributed by atoms with Crippen LogP contribution in [0.15, 0.2) is 23.9 Å². The van der Waals surface area contributed by atoms with Gasteiger partial charge in [-0.1, -0.05) is 6.08 Å². The molecule has 2 aliphatic rings. The van der Waals surface area contributed by atoms with Gasteiger partial charge in [-0.05, 0) is 32.1 Å². The molecule has 0 saturated carbocycles. The van der Waals surface area contributed by atoms with Gasteiger partial charge in [0.25, 0.3) is 5.91 Å². The van der Waals surface area contributed by atoms with Crippen LogP contribution in [0.5, 0.6) is 0 Å². The van der Waals surface area contributed by atoms with E-state index in [1.54, 1.807) is 11.0 Å². The van der Waals surface area contributed by atoms with Gasteiger partial charge in [0.2, 0.25) is 0 Å². The lowest BCUT2D eigenvalue weighted by molar-refractivity contribution is -0.125. The van der Waals surface area contributed by atoms with Crippen molar-refractivity contribution in [2.75, 3.05) is 26.7 Å². The Morgan fingerprint density at radius 3 is 2.71 bits per heavy atom. The fourth-order valence-corrected chi connectivity index (χ4v) is 2.80. The van der Waals surface area contributed by atoms with Crippen molar-refractivity contribution >= 4 is 5.91 Å². The van der Waals surface area contributed by atoms with Crippen LogP contribution in [0, 0.1) is 0 Å². The number of carbonyl (C=O) groups is 1. The Labute approximate surface area is 104 Å². The standard InChI is InChI=1S/C14H22N2O/c1-3-9-15(2)14(17)12-7-6-8-13(12)16-10-4-5-11-16/h3H,1,4-11H2,2H3. The van der Waals surface area contributed by atoms with Crippen molar-refractivity contribution < 1.29 is 4.79 Å². The Morgan fingerprint density at radius 2 is 2.06 bits per heavy atom. The molecule has 1 fully saturated rings. The predicted octanol–water partition coefficient (Wildman–Crippen LogP) is 2.16. The third-order valence-electron chi connectivity index (χ3n) is 3.68. The molecule has 1 heterocycles. The highest BCUT2D eigenvalue weighted by Gasteiger charge is 2.27. The molecule has 3 heteroatoms. The molecular weight excluding hydrogens is 212 g/mol. The van der Waals surface area contributed by atoms with E-state index in [0.717, 1.165) is 37.9 Å². The Kier molecular flexibility index (Phi) is 3.87. The van der Waals surface area contributed by atoms with E-state index in [4.69, 9.17) is 0 Å². The first-order valence-electron chi connectivity index (χ1n) is 6.57. The Morgan fingerprint density at radius 1 is 1.35 bits per heavy atom. The van der Waals surface area contributed by atoms with Crippen LogP contribution in [0.3, 0.4) is 0 Å². The summed E-state index contributed by atoms with van der Waals surface area (Å²) in [6.07, 6.45) is 7.49.